The zero-order chi connectivity index (χ0) is 10.7. The highest BCUT2D eigenvalue weighted by molar-refractivity contribution is 6.29. The van der Waals surface area contributed by atoms with E-state index in [9.17, 15) is 0 Å². The van der Waals surface area contributed by atoms with E-state index < -0.39 is 0 Å². The lowest BCUT2D eigenvalue weighted by Gasteiger charge is -2.20. The first kappa shape index (κ1) is 10.9. The molecule has 1 aliphatic rings. The van der Waals surface area contributed by atoms with E-state index in [2.05, 4.69) is 22.9 Å². The van der Waals surface area contributed by atoms with Crippen LogP contribution in [0.25, 0.3) is 0 Å². The molecule has 0 aliphatic heterocycles. The highest BCUT2D eigenvalue weighted by Gasteiger charge is 2.28. The lowest BCUT2D eigenvalue weighted by Crippen LogP contribution is -2.26. The normalized spacial score (nSPS) is 15.9. The van der Waals surface area contributed by atoms with Gasteiger partial charge in [-0.25, -0.2) is 4.98 Å². The van der Waals surface area contributed by atoms with E-state index >= 15 is 0 Å². The van der Waals surface area contributed by atoms with Crippen LogP contribution in [-0.4, -0.2) is 22.5 Å². The van der Waals surface area contributed by atoms with Crippen molar-refractivity contribution in [2.45, 2.75) is 38.8 Å². The van der Waals surface area contributed by atoms with E-state index in [1.54, 1.807) is 0 Å². The molecule has 0 amide bonds. The van der Waals surface area contributed by atoms with Crippen LogP contribution in [-0.2, 0) is 6.54 Å². The van der Waals surface area contributed by atoms with Gasteiger partial charge in [0.15, 0.2) is 0 Å². The molecule has 82 valence electrons. The Labute approximate surface area is 96.3 Å². The van der Waals surface area contributed by atoms with Gasteiger partial charge in [0.25, 0.3) is 0 Å². The first-order chi connectivity index (χ1) is 7.29. The minimum Gasteiger partial charge on any atom is -0.295 e. The summed E-state index contributed by atoms with van der Waals surface area (Å²) in [6.07, 6.45) is 3.90. The number of nitrogens with zero attached hydrogens (tertiary/aromatic N) is 2. The van der Waals surface area contributed by atoms with Crippen molar-refractivity contribution in [2.24, 2.45) is 0 Å². The molecule has 0 saturated heterocycles. The highest BCUT2D eigenvalue weighted by Crippen LogP contribution is 2.28. The molecule has 15 heavy (non-hydrogen) atoms. The molecule has 0 unspecified atom stereocenters. The second kappa shape index (κ2) is 4.95. The number of halogens is 1. The Bertz CT molecular complexity index is 323. The third-order valence-corrected chi connectivity index (χ3v) is 2.92. The number of rotatable bonds is 5. The van der Waals surface area contributed by atoms with Gasteiger partial charge in [0.2, 0.25) is 0 Å². The molecule has 0 aromatic carbocycles. The predicted molar refractivity (Wildman–Crippen MR) is 63.0 cm³/mol. The highest BCUT2D eigenvalue weighted by atomic mass is 35.5. The smallest absolute Gasteiger partial charge is 0.129 e. The molecule has 1 aromatic rings. The Morgan fingerprint density at radius 3 is 2.87 bits per heavy atom. The van der Waals surface area contributed by atoms with Gasteiger partial charge in [0.1, 0.15) is 5.15 Å². The zero-order valence-electron chi connectivity index (χ0n) is 9.12. The van der Waals surface area contributed by atoms with Crippen molar-refractivity contribution >= 4 is 11.6 Å². The molecule has 0 atom stereocenters. The van der Waals surface area contributed by atoms with Crippen molar-refractivity contribution in [2.75, 3.05) is 6.54 Å². The summed E-state index contributed by atoms with van der Waals surface area (Å²) in [7, 11) is 0. The van der Waals surface area contributed by atoms with E-state index in [0.29, 0.717) is 5.15 Å². The fourth-order valence-electron chi connectivity index (χ4n) is 1.86. The summed E-state index contributed by atoms with van der Waals surface area (Å²) in [5, 5.41) is 0.597. The van der Waals surface area contributed by atoms with Crippen LogP contribution in [0.1, 0.15) is 31.9 Å². The van der Waals surface area contributed by atoms with E-state index in [1.807, 2.05) is 12.1 Å². The van der Waals surface area contributed by atoms with Gasteiger partial charge in [-0.3, -0.25) is 4.90 Å². The molecule has 0 bridgehead atoms. The maximum absolute atomic E-state index is 5.87. The maximum atomic E-state index is 5.87. The summed E-state index contributed by atoms with van der Waals surface area (Å²) in [6, 6.07) is 6.65. The molecular formula is C12H17ClN2. The molecule has 3 heteroatoms. The van der Waals surface area contributed by atoms with Crippen LogP contribution in [0.15, 0.2) is 18.2 Å². The second-order valence-electron chi connectivity index (χ2n) is 4.15. The third kappa shape index (κ3) is 3.18. The van der Waals surface area contributed by atoms with Gasteiger partial charge in [-0.15, -0.1) is 0 Å². The van der Waals surface area contributed by atoms with E-state index in [4.69, 9.17) is 11.6 Å². The predicted octanol–water partition coefficient (Wildman–Crippen LogP) is 3.11. The van der Waals surface area contributed by atoms with Crippen molar-refractivity contribution < 1.29 is 0 Å². The molecule has 1 fully saturated rings. The molecule has 0 N–H and O–H groups in total. The minimum absolute atomic E-state index is 0.597. The van der Waals surface area contributed by atoms with Gasteiger partial charge in [-0.05, 0) is 37.9 Å². The molecule has 1 aromatic heterocycles. The summed E-state index contributed by atoms with van der Waals surface area (Å²) >= 11 is 5.87. The number of hydrogen-bond donors (Lipinski definition) is 0. The van der Waals surface area contributed by atoms with Crippen LogP contribution in [0.5, 0.6) is 0 Å². The summed E-state index contributed by atoms with van der Waals surface area (Å²) in [5.74, 6) is 0. The molecule has 0 spiro atoms. The Morgan fingerprint density at radius 2 is 2.27 bits per heavy atom. The minimum atomic E-state index is 0.597. The summed E-state index contributed by atoms with van der Waals surface area (Å²) < 4.78 is 0. The van der Waals surface area contributed by atoms with Crippen LogP contribution in [0.4, 0.5) is 0 Å². The quantitative estimate of drug-likeness (QED) is 0.715. The average Bonchev–Trinajstić information content (AvgIpc) is 3.00. The Hall–Kier alpha value is -0.600. The lowest BCUT2D eigenvalue weighted by molar-refractivity contribution is 0.252. The first-order valence-electron chi connectivity index (χ1n) is 5.65. The fraction of sp³-hybridized carbons (Fsp3) is 0.583. The molecule has 2 rings (SSSR count). The average molecular weight is 225 g/mol. The van der Waals surface area contributed by atoms with E-state index in [1.165, 1.54) is 25.8 Å². The Balaban J connectivity index is 1.98. The van der Waals surface area contributed by atoms with E-state index in [-0.39, 0.29) is 0 Å². The topological polar surface area (TPSA) is 16.1 Å². The van der Waals surface area contributed by atoms with E-state index in [0.717, 1.165) is 18.3 Å². The zero-order valence-corrected chi connectivity index (χ0v) is 9.87. The van der Waals surface area contributed by atoms with Gasteiger partial charge in [-0.2, -0.15) is 0 Å². The monoisotopic (exact) mass is 224 g/mol. The van der Waals surface area contributed by atoms with Gasteiger partial charge >= 0.3 is 0 Å². The van der Waals surface area contributed by atoms with Crippen LogP contribution < -0.4 is 0 Å². The van der Waals surface area contributed by atoms with Crippen molar-refractivity contribution in [1.82, 2.24) is 9.88 Å². The van der Waals surface area contributed by atoms with Crippen molar-refractivity contribution in [3.8, 4) is 0 Å². The van der Waals surface area contributed by atoms with Crippen molar-refractivity contribution in [3.63, 3.8) is 0 Å². The Kier molecular flexibility index (Phi) is 3.60. The van der Waals surface area contributed by atoms with Crippen LogP contribution >= 0.6 is 11.6 Å². The van der Waals surface area contributed by atoms with Gasteiger partial charge in [-0.1, -0.05) is 24.6 Å². The van der Waals surface area contributed by atoms with Crippen molar-refractivity contribution in [3.05, 3.63) is 29.0 Å². The number of aromatic nitrogens is 1. The lowest BCUT2D eigenvalue weighted by atomic mass is 10.3. The third-order valence-electron chi connectivity index (χ3n) is 2.71. The van der Waals surface area contributed by atoms with Crippen LogP contribution in [0.2, 0.25) is 5.15 Å². The number of pyridine rings is 1. The van der Waals surface area contributed by atoms with Crippen molar-refractivity contribution in [1.29, 1.82) is 0 Å². The summed E-state index contributed by atoms with van der Waals surface area (Å²) in [4.78, 5) is 6.84. The van der Waals surface area contributed by atoms with Gasteiger partial charge in [0.05, 0.1) is 5.69 Å². The molecular weight excluding hydrogens is 208 g/mol. The molecule has 1 heterocycles. The summed E-state index contributed by atoms with van der Waals surface area (Å²) in [6.45, 7) is 4.33. The molecule has 0 radical (unpaired) electrons. The maximum Gasteiger partial charge on any atom is 0.129 e. The largest absolute Gasteiger partial charge is 0.295 e. The Morgan fingerprint density at radius 1 is 1.47 bits per heavy atom. The molecule has 1 aliphatic carbocycles. The van der Waals surface area contributed by atoms with Gasteiger partial charge < -0.3 is 0 Å². The van der Waals surface area contributed by atoms with Gasteiger partial charge in [0, 0.05) is 12.6 Å². The first-order valence-corrected chi connectivity index (χ1v) is 6.03. The second-order valence-corrected chi connectivity index (χ2v) is 4.54. The summed E-state index contributed by atoms with van der Waals surface area (Å²) in [5.41, 5.74) is 1.09. The van der Waals surface area contributed by atoms with Crippen LogP contribution in [0.3, 0.4) is 0 Å². The molecule has 2 nitrogen and oxygen atoms in total. The standard InChI is InChI=1S/C12H17ClN2/c1-2-8-15(11-6-7-11)9-10-4-3-5-12(13)14-10/h3-5,11H,2,6-9H2,1H3. The fourth-order valence-corrected chi connectivity index (χ4v) is 2.05. The van der Waals surface area contributed by atoms with Crippen LogP contribution in [0, 0.1) is 0 Å². The SMILES string of the molecule is CCCN(Cc1cccc(Cl)n1)C1CC1. The number of hydrogen-bond acceptors (Lipinski definition) is 2. The molecule has 1 saturated carbocycles.